The van der Waals surface area contributed by atoms with Crippen molar-refractivity contribution in [2.45, 2.75) is 168 Å². The van der Waals surface area contributed by atoms with E-state index >= 15 is 0 Å². The van der Waals surface area contributed by atoms with Crippen LogP contribution in [0.15, 0.2) is 24.3 Å². The van der Waals surface area contributed by atoms with Gasteiger partial charge in [-0.3, -0.25) is 14.1 Å². The number of esters is 2. The number of unbranched alkanes of at least 4 members (excludes halogenated alkanes) is 17. The predicted molar refractivity (Wildman–Crippen MR) is 175 cm³/mol. The van der Waals surface area contributed by atoms with E-state index in [1.165, 1.54) is 64.2 Å². The Labute approximate surface area is 262 Å². The highest BCUT2D eigenvalue weighted by atomic mass is 31.2. The van der Waals surface area contributed by atoms with Crippen molar-refractivity contribution in [2.24, 2.45) is 0 Å². The number of carbonyl (C=O) groups is 2. The number of hydrogen-bond acceptors (Lipinski definition) is 6. The van der Waals surface area contributed by atoms with Crippen LogP contribution in [0.1, 0.15) is 162 Å². The summed E-state index contributed by atoms with van der Waals surface area (Å²) in [6.45, 7) is 3.60. The van der Waals surface area contributed by atoms with Gasteiger partial charge >= 0.3 is 19.8 Å². The average Bonchev–Trinajstić information content (AvgIpc) is 2.97. The van der Waals surface area contributed by atoms with Crippen LogP contribution in [0.5, 0.6) is 0 Å². The highest BCUT2D eigenvalue weighted by molar-refractivity contribution is 7.46. The third-order valence-corrected chi connectivity index (χ3v) is 7.71. The van der Waals surface area contributed by atoms with E-state index in [-0.39, 0.29) is 19.4 Å². The van der Waals surface area contributed by atoms with Crippen LogP contribution < -0.4 is 0 Å². The summed E-state index contributed by atoms with van der Waals surface area (Å²) in [5.74, 6) is -0.901. The molecular weight excluding hydrogens is 567 g/mol. The zero-order chi connectivity index (χ0) is 31.9. The molecule has 0 radical (unpaired) electrons. The molecule has 8 nitrogen and oxygen atoms in total. The fraction of sp³-hybridized carbons (Fsp3) is 0.824. The number of ether oxygens (including phenoxy) is 2. The molecular formula is C34H63O8P. The molecule has 0 aromatic rings. The summed E-state index contributed by atoms with van der Waals surface area (Å²) in [5.41, 5.74) is 0. The van der Waals surface area contributed by atoms with E-state index in [9.17, 15) is 14.2 Å². The molecule has 0 spiro atoms. The lowest BCUT2D eigenvalue weighted by Crippen LogP contribution is -2.29. The second-order valence-electron chi connectivity index (χ2n) is 11.5. The average molecular weight is 631 g/mol. The standard InChI is InChI=1S/C34H63O8P/c1-3-5-7-9-11-13-15-16-17-19-21-23-25-27-29-34(36)42-32(31-41-43(37,38)39)30-40-33(35)28-26-24-22-20-18-14-12-10-8-6-4-2/h9,11,15-16,32H,3-8,10,12-14,17-31H2,1-2H3,(H2,37,38,39)/b11-9+,16-15+/t32-/m1/s1. The Morgan fingerprint density at radius 3 is 1.60 bits per heavy atom. The minimum atomic E-state index is -4.74. The van der Waals surface area contributed by atoms with Gasteiger partial charge in [0.1, 0.15) is 6.61 Å². The molecule has 0 aliphatic rings. The number of hydrogen-bond donors (Lipinski definition) is 2. The maximum Gasteiger partial charge on any atom is 0.469 e. The van der Waals surface area contributed by atoms with Crippen molar-refractivity contribution >= 4 is 19.8 Å². The summed E-state index contributed by atoms with van der Waals surface area (Å²) in [4.78, 5) is 42.5. The lowest BCUT2D eigenvalue weighted by atomic mass is 10.1. The van der Waals surface area contributed by atoms with Crippen LogP contribution in [0.25, 0.3) is 0 Å². The maximum atomic E-state index is 12.3. The molecule has 0 heterocycles. The van der Waals surface area contributed by atoms with Crippen LogP contribution in [0.3, 0.4) is 0 Å². The van der Waals surface area contributed by atoms with Crippen molar-refractivity contribution in [1.29, 1.82) is 0 Å². The molecule has 9 heteroatoms. The predicted octanol–water partition coefficient (Wildman–Crippen LogP) is 9.68. The van der Waals surface area contributed by atoms with Gasteiger partial charge in [-0.15, -0.1) is 0 Å². The van der Waals surface area contributed by atoms with E-state index in [0.717, 1.165) is 64.2 Å². The molecule has 0 amide bonds. The number of allylic oxidation sites excluding steroid dienone is 4. The van der Waals surface area contributed by atoms with Crippen LogP contribution in [0.2, 0.25) is 0 Å². The fourth-order valence-corrected chi connectivity index (χ4v) is 4.98. The molecule has 0 aliphatic carbocycles. The lowest BCUT2D eigenvalue weighted by molar-refractivity contribution is -0.161. The molecule has 0 aromatic heterocycles. The van der Waals surface area contributed by atoms with E-state index in [1.807, 2.05) is 0 Å². The first-order valence-electron chi connectivity index (χ1n) is 17.1. The summed E-state index contributed by atoms with van der Waals surface area (Å²) in [6, 6.07) is 0. The monoisotopic (exact) mass is 630 g/mol. The molecule has 43 heavy (non-hydrogen) atoms. The van der Waals surface area contributed by atoms with Crippen LogP contribution in [-0.2, 0) is 28.2 Å². The maximum absolute atomic E-state index is 12.3. The molecule has 0 fully saturated rings. The third kappa shape index (κ3) is 33.3. The number of carbonyl (C=O) groups excluding carboxylic acids is 2. The Morgan fingerprint density at radius 2 is 1.07 bits per heavy atom. The van der Waals surface area contributed by atoms with Crippen LogP contribution in [-0.4, -0.2) is 41.0 Å². The summed E-state index contributed by atoms with van der Waals surface area (Å²) in [7, 11) is -4.74. The number of phosphoric ester groups is 1. The summed E-state index contributed by atoms with van der Waals surface area (Å²) in [6.07, 6.45) is 31.8. The second kappa shape index (κ2) is 30.6. The Morgan fingerprint density at radius 1 is 0.605 bits per heavy atom. The minimum absolute atomic E-state index is 0.198. The van der Waals surface area contributed by atoms with E-state index in [1.54, 1.807) is 0 Å². The largest absolute Gasteiger partial charge is 0.469 e. The van der Waals surface area contributed by atoms with Crippen LogP contribution >= 0.6 is 7.82 Å². The summed E-state index contributed by atoms with van der Waals surface area (Å²) >= 11 is 0. The van der Waals surface area contributed by atoms with Gasteiger partial charge < -0.3 is 19.3 Å². The van der Waals surface area contributed by atoms with Crippen molar-refractivity contribution in [3.63, 3.8) is 0 Å². The van der Waals surface area contributed by atoms with Gasteiger partial charge in [-0.05, 0) is 38.5 Å². The molecule has 0 aromatic carbocycles. The number of phosphoric acid groups is 1. The minimum Gasteiger partial charge on any atom is -0.462 e. The number of rotatable bonds is 31. The van der Waals surface area contributed by atoms with Crippen molar-refractivity contribution in [2.75, 3.05) is 13.2 Å². The zero-order valence-electron chi connectivity index (χ0n) is 27.4. The molecule has 0 bridgehead atoms. The zero-order valence-corrected chi connectivity index (χ0v) is 28.2. The van der Waals surface area contributed by atoms with Gasteiger partial charge in [-0.1, -0.05) is 134 Å². The smallest absolute Gasteiger partial charge is 0.462 e. The van der Waals surface area contributed by atoms with Crippen molar-refractivity contribution in [3.8, 4) is 0 Å². The van der Waals surface area contributed by atoms with Crippen LogP contribution in [0, 0.1) is 0 Å². The Kier molecular flexibility index (Phi) is 29.5. The van der Waals surface area contributed by atoms with Gasteiger partial charge in [0.25, 0.3) is 0 Å². The van der Waals surface area contributed by atoms with Crippen molar-refractivity contribution in [1.82, 2.24) is 0 Å². The third-order valence-electron chi connectivity index (χ3n) is 7.22. The Balaban J connectivity index is 4.03. The van der Waals surface area contributed by atoms with E-state index in [2.05, 4.69) is 42.7 Å². The summed E-state index contributed by atoms with van der Waals surface area (Å²) < 4.78 is 26.2. The molecule has 252 valence electrons. The molecule has 2 N–H and O–H groups in total. The fourth-order valence-electron chi connectivity index (χ4n) is 4.62. The normalized spacial score (nSPS) is 12.7. The van der Waals surface area contributed by atoms with Crippen LogP contribution in [0.4, 0.5) is 0 Å². The molecule has 0 rings (SSSR count). The van der Waals surface area contributed by atoms with E-state index in [4.69, 9.17) is 19.3 Å². The molecule has 0 saturated heterocycles. The summed E-state index contributed by atoms with van der Waals surface area (Å²) in [5, 5.41) is 0. The first kappa shape index (κ1) is 41.5. The van der Waals surface area contributed by atoms with Gasteiger partial charge in [0.2, 0.25) is 0 Å². The van der Waals surface area contributed by atoms with Gasteiger partial charge in [0, 0.05) is 12.8 Å². The van der Waals surface area contributed by atoms with Crippen molar-refractivity contribution in [3.05, 3.63) is 24.3 Å². The topological polar surface area (TPSA) is 119 Å². The Bertz CT molecular complexity index is 761. The Hall–Kier alpha value is -1.47. The van der Waals surface area contributed by atoms with E-state index < -0.39 is 32.5 Å². The molecule has 0 saturated carbocycles. The first-order chi connectivity index (χ1) is 20.8. The van der Waals surface area contributed by atoms with E-state index in [0.29, 0.717) is 6.42 Å². The SMILES string of the molecule is CCCC/C=C/C/C=C/CCCCCCCC(=O)O[C@H](COC(=O)CCCCCCCCCCCCC)COP(=O)(O)O. The highest BCUT2D eigenvalue weighted by Gasteiger charge is 2.22. The quantitative estimate of drug-likeness (QED) is 0.0336. The van der Waals surface area contributed by atoms with Crippen molar-refractivity contribution < 1.29 is 37.9 Å². The second-order valence-corrected chi connectivity index (χ2v) is 12.7. The molecule has 0 unspecified atom stereocenters. The molecule has 0 aliphatic heterocycles. The lowest BCUT2D eigenvalue weighted by Gasteiger charge is -2.18. The van der Waals surface area contributed by atoms with Gasteiger partial charge in [-0.2, -0.15) is 0 Å². The van der Waals surface area contributed by atoms with Gasteiger partial charge in [-0.25, -0.2) is 4.57 Å². The molecule has 1 atom stereocenters. The first-order valence-corrected chi connectivity index (χ1v) is 18.7. The highest BCUT2D eigenvalue weighted by Crippen LogP contribution is 2.35. The van der Waals surface area contributed by atoms with Gasteiger partial charge in [0.05, 0.1) is 6.61 Å². The van der Waals surface area contributed by atoms with Gasteiger partial charge in [0.15, 0.2) is 6.10 Å².